The van der Waals surface area contributed by atoms with Gasteiger partial charge in [-0.3, -0.25) is 0 Å². The molecule has 1 N–H and O–H groups in total. The normalized spacial score (nSPS) is 9.65. The minimum atomic E-state index is -0.0376. The van der Waals surface area contributed by atoms with Crippen LogP contribution in [0.25, 0.3) is 0 Å². The second-order valence-electron chi connectivity index (χ2n) is 3.40. The lowest BCUT2D eigenvalue weighted by Gasteiger charge is -2.04. The molecule has 4 heteroatoms. The maximum atomic E-state index is 8.86. The van der Waals surface area contributed by atoms with E-state index in [0.29, 0.717) is 17.2 Å². The third kappa shape index (κ3) is 2.80. The van der Waals surface area contributed by atoms with Crippen molar-refractivity contribution in [1.82, 2.24) is 4.98 Å². The van der Waals surface area contributed by atoms with Gasteiger partial charge in [0.1, 0.15) is 5.75 Å². The first-order valence-electron chi connectivity index (χ1n) is 5.05. The fourth-order valence-electron chi connectivity index (χ4n) is 1.28. The Bertz CT molecular complexity index is 527. The van der Waals surface area contributed by atoms with Crippen LogP contribution in [-0.4, -0.2) is 10.1 Å². The Balaban J connectivity index is 2.11. The zero-order chi connectivity index (χ0) is 12.1. The van der Waals surface area contributed by atoms with E-state index in [2.05, 4.69) is 4.98 Å². The van der Waals surface area contributed by atoms with Crippen molar-refractivity contribution in [3.63, 3.8) is 0 Å². The second kappa shape index (κ2) is 5.10. The highest BCUT2D eigenvalue weighted by molar-refractivity contribution is 5.36. The van der Waals surface area contributed by atoms with E-state index in [1.807, 2.05) is 6.07 Å². The summed E-state index contributed by atoms with van der Waals surface area (Å²) >= 11 is 0. The van der Waals surface area contributed by atoms with Gasteiger partial charge in [0.15, 0.2) is 0 Å². The second-order valence-corrected chi connectivity index (χ2v) is 3.40. The molecule has 1 aromatic heterocycles. The van der Waals surface area contributed by atoms with E-state index in [0.717, 1.165) is 5.56 Å². The quantitative estimate of drug-likeness (QED) is 0.871. The summed E-state index contributed by atoms with van der Waals surface area (Å²) in [5.41, 5.74) is 1.32. The molecule has 0 amide bonds. The summed E-state index contributed by atoms with van der Waals surface area (Å²) in [6, 6.07) is 12.2. The summed E-state index contributed by atoms with van der Waals surface area (Å²) in [4.78, 5) is 4.04. The van der Waals surface area contributed by atoms with Gasteiger partial charge in [0.25, 0.3) is 0 Å². The maximum Gasteiger partial charge on any atom is 0.219 e. The van der Waals surface area contributed by atoms with E-state index >= 15 is 0 Å². The fraction of sp³-hybridized carbons (Fsp3) is 0.0769. The first-order chi connectivity index (χ1) is 8.31. The summed E-state index contributed by atoms with van der Waals surface area (Å²) in [7, 11) is 0. The molecule has 0 spiro atoms. The molecule has 0 saturated heterocycles. The summed E-state index contributed by atoms with van der Waals surface area (Å²) in [5, 5.41) is 17.5. The zero-order valence-corrected chi connectivity index (χ0v) is 9.00. The number of hydrogen-bond acceptors (Lipinski definition) is 4. The van der Waals surface area contributed by atoms with Crippen LogP contribution in [0.15, 0.2) is 42.6 Å². The minimum absolute atomic E-state index is 0.0376. The summed E-state index contributed by atoms with van der Waals surface area (Å²) in [5.74, 6) is 1.07. The average Bonchev–Trinajstić information content (AvgIpc) is 2.40. The van der Waals surface area contributed by atoms with Crippen LogP contribution in [0.4, 0.5) is 0 Å². The number of nitrogens with zero attached hydrogens (tertiary/aromatic N) is 2. The van der Waals surface area contributed by atoms with Crippen molar-refractivity contribution in [3.05, 3.63) is 53.7 Å². The number of benzene rings is 1. The van der Waals surface area contributed by atoms with Gasteiger partial charge in [0.05, 0.1) is 18.2 Å². The molecule has 84 valence electrons. The van der Waals surface area contributed by atoms with Gasteiger partial charge in [-0.15, -0.1) is 0 Å². The number of aromatic nitrogens is 1. The van der Waals surface area contributed by atoms with Gasteiger partial charge in [-0.1, -0.05) is 0 Å². The van der Waals surface area contributed by atoms with E-state index in [4.69, 9.17) is 15.1 Å². The summed E-state index contributed by atoms with van der Waals surface area (Å²) in [6.45, 7) is -0.0376. The Labute approximate surface area is 98.7 Å². The molecule has 0 aliphatic carbocycles. The Morgan fingerprint density at radius 3 is 2.47 bits per heavy atom. The SMILES string of the molecule is N#Cc1ccc(Oc2ccc(CO)cn2)cc1. The molecule has 0 aliphatic rings. The van der Waals surface area contributed by atoms with Gasteiger partial charge in [-0.2, -0.15) is 5.26 Å². The highest BCUT2D eigenvalue weighted by atomic mass is 16.5. The number of pyridine rings is 1. The predicted octanol–water partition coefficient (Wildman–Crippen LogP) is 2.24. The predicted molar refractivity (Wildman–Crippen MR) is 61.4 cm³/mol. The van der Waals surface area contributed by atoms with Crippen molar-refractivity contribution in [1.29, 1.82) is 5.26 Å². The van der Waals surface area contributed by atoms with Crippen molar-refractivity contribution in [2.24, 2.45) is 0 Å². The van der Waals surface area contributed by atoms with E-state index in [-0.39, 0.29) is 6.61 Å². The molecule has 0 bridgehead atoms. The number of ether oxygens (including phenoxy) is 1. The van der Waals surface area contributed by atoms with Crippen LogP contribution in [0, 0.1) is 11.3 Å². The number of nitriles is 1. The molecule has 0 fully saturated rings. The van der Waals surface area contributed by atoms with Gasteiger partial charge in [-0.25, -0.2) is 4.98 Å². The molecular weight excluding hydrogens is 216 g/mol. The third-order valence-corrected chi connectivity index (χ3v) is 2.19. The van der Waals surface area contributed by atoms with Gasteiger partial charge >= 0.3 is 0 Å². The van der Waals surface area contributed by atoms with Crippen LogP contribution in [-0.2, 0) is 6.61 Å². The molecule has 4 nitrogen and oxygen atoms in total. The molecule has 2 aromatic rings. The van der Waals surface area contributed by atoms with E-state index in [1.165, 1.54) is 0 Å². The molecular formula is C13H10N2O2. The van der Waals surface area contributed by atoms with Gasteiger partial charge in [0, 0.05) is 12.3 Å². The minimum Gasteiger partial charge on any atom is -0.439 e. The lowest BCUT2D eigenvalue weighted by Crippen LogP contribution is -1.90. The topological polar surface area (TPSA) is 66.1 Å². The van der Waals surface area contributed by atoms with E-state index in [9.17, 15) is 0 Å². The van der Waals surface area contributed by atoms with Crippen LogP contribution < -0.4 is 4.74 Å². The van der Waals surface area contributed by atoms with Gasteiger partial charge in [-0.05, 0) is 35.9 Å². The van der Waals surface area contributed by atoms with Crippen LogP contribution in [0.2, 0.25) is 0 Å². The lowest BCUT2D eigenvalue weighted by atomic mass is 10.2. The highest BCUT2D eigenvalue weighted by Gasteiger charge is 1.99. The number of rotatable bonds is 3. The summed E-state index contributed by atoms with van der Waals surface area (Å²) in [6.07, 6.45) is 1.55. The Kier molecular flexibility index (Phi) is 3.34. The van der Waals surface area contributed by atoms with Crippen LogP contribution in [0.1, 0.15) is 11.1 Å². The average molecular weight is 226 g/mol. The molecule has 0 atom stereocenters. The summed E-state index contributed by atoms with van der Waals surface area (Å²) < 4.78 is 5.48. The monoisotopic (exact) mass is 226 g/mol. The molecule has 1 heterocycles. The van der Waals surface area contributed by atoms with Crippen molar-refractivity contribution in [2.75, 3.05) is 0 Å². The lowest BCUT2D eigenvalue weighted by molar-refractivity contribution is 0.281. The first kappa shape index (κ1) is 11.1. The molecule has 0 unspecified atom stereocenters. The van der Waals surface area contributed by atoms with E-state index in [1.54, 1.807) is 42.6 Å². The molecule has 0 saturated carbocycles. The van der Waals surface area contributed by atoms with Gasteiger partial charge in [0.2, 0.25) is 5.88 Å². The largest absolute Gasteiger partial charge is 0.439 e. The number of aliphatic hydroxyl groups is 1. The third-order valence-electron chi connectivity index (χ3n) is 2.19. The Hall–Kier alpha value is -2.38. The molecule has 2 rings (SSSR count). The smallest absolute Gasteiger partial charge is 0.219 e. The Morgan fingerprint density at radius 2 is 1.94 bits per heavy atom. The molecule has 0 aliphatic heterocycles. The maximum absolute atomic E-state index is 8.86. The first-order valence-corrected chi connectivity index (χ1v) is 5.05. The van der Waals surface area contributed by atoms with Crippen LogP contribution in [0.5, 0.6) is 11.6 Å². The van der Waals surface area contributed by atoms with Crippen molar-refractivity contribution >= 4 is 0 Å². The molecule has 1 aromatic carbocycles. The Morgan fingerprint density at radius 1 is 1.18 bits per heavy atom. The van der Waals surface area contributed by atoms with Crippen LogP contribution >= 0.6 is 0 Å². The van der Waals surface area contributed by atoms with Crippen molar-refractivity contribution < 1.29 is 9.84 Å². The number of hydrogen-bond donors (Lipinski definition) is 1. The number of aliphatic hydroxyl groups excluding tert-OH is 1. The molecule has 0 radical (unpaired) electrons. The van der Waals surface area contributed by atoms with Crippen LogP contribution in [0.3, 0.4) is 0 Å². The van der Waals surface area contributed by atoms with Crippen molar-refractivity contribution in [3.8, 4) is 17.7 Å². The zero-order valence-electron chi connectivity index (χ0n) is 9.00. The van der Waals surface area contributed by atoms with E-state index < -0.39 is 0 Å². The van der Waals surface area contributed by atoms with Gasteiger partial charge < -0.3 is 9.84 Å². The fourth-order valence-corrected chi connectivity index (χ4v) is 1.28. The van der Waals surface area contributed by atoms with Crippen molar-refractivity contribution in [2.45, 2.75) is 6.61 Å². The standard InChI is InChI=1S/C13H10N2O2/c14-7-10-1-4-12(5-2-10)17-13-6-3-11(9-16)8-15-13/h1-6,8,16H,9H2. The highest BCUT2D eigenvalue weighted by Crippen LogP contribution is 2.19. The molecule has 17 heavy (non-hydrogen) atoms.